The van der Waals surface area contributed by atoms with E-state index in [0.29, 0.717) is 0 Å². The van der Waals surface area contributed by atoms with Crippen LogP contribution in [0.2, 0.25) is 0 Å². The number of nitriles is 1. The van der Waals surface area contributed by atoms with Gasteiger partial charge in [-0.25, -0.2) is 0 Å². The van der Waals surface area contributed by atoms with Gasteiger partial charge >= 0.3 is 0 Å². The van der Waals surface area contributed by atoms with Gasteiger partial charge in [-0.2, -0.15) is 5.26 Å². The molecule has 0 aromatic rings. The molecular formula is C9H13N. The van der Waals surface area contributed by atoms with E-state index in [1.54, 1.807) is 6.08 Å². The number of hydrogen-bond acceptors (Lipinski definition) is 1. The summed E-state index contributed by atoms with van der Waals surface area (Å²) in [6.45, 7) is 2.17. The van der Waals surface area contributed by atoms with Crippen LogP contribution in [0.25, 0.3) is 0 Å². The van der Waals surface area contributed by atoms with Gasteiger partial charge in [0.2, 0.25) is 0 Å². The first-order chi connectivity index (χ1) is 4.91. The zero-order chi connectivity index (χ0) is 7.66. The highest BCUT2D eigenvalue weighted by atomic mass is 14.2. The molecule has 0 spiro atoms. The van der Waals surface area contributed by atoms with Crippen LogP contribution in [0, 0.1) is 11.3 Å². The topological polar surface area (TPSA) is 23.8 Å². The standard InChI is InChI=1S/C9H13N/c1-2-3-4-5-6-7-8-9-10/h5-8H,2-4H2,1H3/b6-5+,8-7+. The summed E-state index contributed by atoms with van der Waals surface area (Å²) in [4.78, 5) is 0. The smallest absolute Gasteiger partial charge is 0.0912 e. The van der Waals surface area contributed by atoms with Crippen molar-refractivity contribution in [1.82, 2.24) is 0 Å². The molecule has 1 heteroatoms. The molecular weight excluding hydrogens is 122 g/mol. The van der Waals surface area contributed by atoms with Gasteiger partial charge in [0, 0.05) is 6.08 Å². The van der Waals surface area contributed by atoms with E-state index >= 15 is 0 Å². The van der Waals surface area contributed by atoms with E-state index in [-0.39, 0.29) is 0 Å². The van der Waals surface area contributed by atoms with Gasteiger partial charge in [-0.1, -0.05) is 38.0 Å². The van der Waals surface area contributed by atoms with Gasteiger partial charge in [-0.05, 0) is 6.42 Å². The van der Waals surface area contributed by atoms with Crippen molar-refractivity contribution in [2.24, 2.45) is 0 Å². The van der Waals surface area contributed by atoms with E-state index in [1.165, 1.54) is 18.9 Å². The zero-order valence-corrected chi connectivity index (χ0v) is 6.38. The minimum atomic E-state index is 1.12. The van der Waals surface area contributed by atoms with Gasteiger partial charge in [-0.15, -0.1) is 0 Å². The van der Waals surface area contributed by atoms with Crippen molar-refractivity contribution in [3.8, 4) is 6.07 Å². The number of nitrogens with zero attached hydrogens (tertiary/aromatic N) is 1. The quantitative estimate of drug-likeness (QED) is 0.330. The summed E-state index contributed by atoms with van der Waals surface area (Å²) in [6, 6.07) is 1.93. The van der Waals surface area contributed by atoms with E-state index < -0.39 is 0 Å². The number of rotatable bonds is 4. The molecule has 0 bridgehead atoms. The molecule has 0 aliphatic rings. The first-order valence-electron chi connectivity index (χ1n) is 3.63. The van der Waals surface area contributed by atoms with Crippen molar-refractivity contribution >= 4 is 0 Å². The Bertz CT molecular complexity index is 149. The van der Waals surface area contributed by atoms with Gasteiger partial charge in [0.15, 0.2) is 0 Å². The molecule has 0 fully saturated rings. The first-order valence-corrected chi connectivity index (χ1v) is 3.63. The van der Waals surface area contributed by atoms with E-state index in [0.717, 1.165) is 6.42 Å². The Balaban J connectivity index is 3.22. The molecule has 0 heterocycles. The second kappa shape index (κ2) is 7.97. The molecule has 0 rings (SSSR count). The van der Waals surface area contributed by atoms with Crippen molar-refractivity contribution in [3.05, 3.63) is 24.3 Å². The lowest BCUT2D eigenvalue weighted by molar-refractivity contribution is 0.815. The Labute approximate surface area is 62.7 Å². The Morgan fingerprint density at radius 3 is 2.80 bits per heavy atom. The lowest BCUT2D eigenvalue weighted by atomic mass is 10.2. The fraction of sp³-hybridized carbons (Fsp3) is 0.444. The molecule has 0 saturated heterocycles. The molecule has 0 aromatic carbocycles. The summed E-state index contributed by atoms with van der Waals surface area (Å²) in [5.74, 6) is 0. The Morgan fingerprint density at radius 1 is 1.40 bits per heavy atom. The van der Waals surface area contributed by atoms with Crippen LogP contribution in [-0.4, -0.2) is 0 Å². The normalized spacial score (nSPS) is 10.8. The van der Waals surface area contributed by atoms with Crippen molar-refractivity contribution in [2.45, 2.75) is 26.2 Å². The van der Waals surface area contributed by atoms with E-state index in [4.69, 9.17) is 5.26 Å². The molecule has 0 unspecified atom stereocenters. The molecule has 0 N–H and O–H groups in total. The monoisotopic (exact) mass is 135 g/mol. The molecule has 0 amide bonds. The van der Waals surface area contributed by atoms with Crippen LogP contribution < -0.4 is 0 Å². The minimum absolute atomic E-state index is 1.12. The van der Waals surface area contributed by atoms with E-state index in [2.05, 4.69) is 13.0 Å². The zero-order valence-electron chi connectivity index (χ0n) is 6.38. The Hall–Kier alpha value is -1.03. The van der Waals surface area contributed by atoms with Crippen molar-refractivity contribution < 1.29 is 0 Å². The highest BCUT2D eigenvalue weighted by Crippen LogP contribution is 1.94. The molecule has 0 saturated carbocycles. The molecule has 0 aliphatic heterocycles. The van der Waals surface area contributed by atoms with Crippen LogP contribution in [0.5, 0.6) is 0 Å². The Kier molecular flexibility index (Phi) is 7.15. The fourth-order valence-corrected chi connectivity index (χ4v) is 0.595. The van der Waals surface area contributed by atoms with Crippen LogP contribution in [0.1, 0.15) is 26.2 Å². The predicted molar refractivity (Wildman–Crippen MR) is 43.4 cm³/mol. The molecule has 10 heavy (non-hydrogen) atoms. The fourth-order valence-electron chi connectivity index (χ4n) is 0.595. The highest BCUT2D eigenvalue weighted by molar-refractivity contribution is 5.11. The van der Waals surface area contributed by atoms with Crippen molar-refractivity contribution in [2.75, 3.05) is 0 Å². The summed E-state index contributed by atoms with van der Waals surface area (Å²) in [6.07, 6.45) is 10.8. The van der Waals surface area contributed by atoms with Gasteiger partial charge in [0.25, 0.3) is 0 Å². The van der Waals surface area contributed by atoms with Crippen LogP contribution >= 0.6 is 0 Å². The number of hydrogen-bond donors (Lipinski definition) is 0. The number of unbranched alkanes of at least 4 members (excludes halogenated alkanes) is 2. The van der Waals surface area contributed by atoms with Gasteiger partial charge < -0.3 is 0 Å². The third-order valence-electron chi connectivity index (χ3n) is 1.14. The van der Waals surface area contributed by atoms with Crippen LogP contribution in [0.4, 0.5) is 0 Å². The molecule has 0 aliphatic carbocycles. The molecule has 0 radical (unpaired) electrons. The largest absolute Gasteiger partial charge is 0.193 e. The lowest BCUT2D eigenvalue weighted by Crippen LogP contribution is -1.64. The van der Waals surface area contributed by atoms with Crippen LogP contribution in [0.3, 0.4) is 0 Å². The van der Waals surface area contributed by atoms with Crippen molar-refractivity contribution in [3.63, 3.8) is 0 Å². The van der Waals surface area contributed by atoms with Gasteiger partial charge in [0.1, 0.15) is 0 Å². The summed E-state index contributed by atoms with van der Waals surface area (Å²) >= 11 is 0. The maximum Gasteiger partial charge on any atom is 0.0912 e. The van der Waals surface area contributed by atoms with Crippen molar-refractivity contribution in [1.29, 1.82) is 5.26 Å². The van der Waals surface area contributed by atoms with Crippen LogP contribution in [-0.2, 0) is 0 Å². The molecule has 0 atom stereocenters. The van der Waals surface area contributed by atoms with E-state index in [1.807, 2.05) is 12.1 Å². The Morgan fingerprint density at radius 2 is 2.20 bits per heavy atom. The highest BCUT2D eigenvalue weighted by Gasteiger charge is 1.74. The average molecular weight is 135 g/mol. The third-order valence-corrected chi connectivity index (χ3v) is 1.14. The van der Waals surface area contributed by atoms with E-state index in [9.17, 15) is 0 Å². The molecule has 0 aromatic heterocycles. The van der Waals surface area contributed by atoms with Crippen LogP contribution in [0.15, 0.2) is 24.3 Å². The maximum absolute atomic E-state index is 8.10. The lowest BCUT2D eigenvalue weighted by Gasteiger charge is -1.84. The minimum Gasteiger partial charge on any atom is -0.193 e. The van der Waals surface area contributed by atoms with Gasteiger partial charge in [0.05, 0.1) is 6.07 Å². The predicted octanol–water partition coefficient (Wildman–Crippen LogP) is 2.81. The summed E-state index contributed by atoms with van der Waals surface area (Å²) < 4.78 is 0. The third kappa shape index (κ3) is 6.97. The first kappa shape index (κ1) is 8.97. The average Bonchev–Trinajstić information content (AvgIpc) is 1.97. The summed E-state index contributed by atoms with van der Waals surface area (Å²) in [5, 5.41) is 8.10. The number of allylic oxidation sites excluding steroid dienone is 4. The summed E-state index contributed by atoms with van der Waals surface area (Å²) in [7, 11) is 0. The second-order valence-corrected chi connectivity index (χ2v) is 2.06. The second-order valence-electron chi connectivity index (χ2n) is 2.06. The summed E-state index contributed by atoms with van der Waals surface area (Å²) in [5.41, 5.74) is 0. The SMILES string of the molecule is CCCC/C=C/C=C/C#N. The van der Waals surface area contributed by atoms with Gasteiger partial charge in [-0.3, -0.25) is 0 Å². The maximum atomic E-state index is 8.10. The molecule has 54 valence electrons. The molecule has 1 nitrogen and oxygen atoms in total.